The summed E-state index contributed by atoms with van der Waals surface area (Å²) >= 11 is 5.99. The van der Waals surface area contributed by atoms with Crippen molar-refractivity contribution in [2.45, 2.75) is 18.0 Å². The molecular weight excluding hydrogens is 543 g/mol. The van der Waals surface area contributed by atoms with Gasteiger partial charge in [0.1, 0.15) is 10.6 Å². The van der Waals surface area contributed by atoms with Crippen LogP contribution in [-0.2, 0) is 14.8 Å². The summed E-state index contributed by atoms with van der Waals surface area (Å²) < 4.78 is 65.7. The van der Waals surface area contributed by atoms with Gasteiger partial charge in [0.25, 0.3) is 10.0 Å². The van der Waals surface area contributed by atoms with Crippen molar-refractivity contribution in [2.75, 3.05) is 49.5 Å². The van der Waals surface area contributed by atoms with E-state index in [1.54, 1.807) is 6.07 Å². The van der Waals surface area contributed by atoms with Crippen LogP contribution in [0.15, 0.2) is 41.3 Å². The minimum atomic E-state index is -5.08. The summed E-state index contributed by atoms with van der Waals surface area (Å²) in [5.74, 6) is -3.76. The van der Waals surface area contributed by atoms with Crippen LogP contribution in [-0.4, -0.2) is 81.5 Å². The Morgan fingerprint density at radius 3 is 2.16 bits per heavy atom. The molecule has 0 radical (unpaired) electrons. The number of benzene rings is 2. The second-order valence-corrected chi connectivity index (χ2v) is 9.75. The molecule has 15 heteroatoms. The highest BCUT2D eigenvalue weighted by Gasteiger charge is 2.38. The van der Waals surface area contributed by atoms with Crippen LogP contribution in [0.5, 0.6) is 5.75 Å². The van der Waals surface area contributed by atoms with E-state index in [2.05, 4.69) is 16.5 Å². The first-order valence-corrected chi connectivity index (χ1v) is 12.6. The Hall–Kier alpha value is -3.23. The maximum Gasteiger partial charge on any atom is 0.490 e. The summed E-state index contributed by atoms with van der Waals surface area (Å²) in [6, 6.07) is 8.74. The van der Waals surface area contributed by atoms with Crippen molar-refractivity contribution in [3.63, 3.8) is 0 Å². The number of sulfonamides is 1. The molecule has 1 aliphatic rings. The average Bonchev–Trinajstić information content (AvgIpc) is 2.83. The van der Waals surface area contributed by atoms with Gasteiger partial charge in [-0.3, -0.25) is 4.72 Å². The lowest BCUT2D eigenvalue weighted by molar-refractivity contribution is -0.192. The molecule has 3 N–H and O–H groups in total. The number of likely N-dealkylation sites (N-methyl/N-ethyl adjacent to an activating group) is 1. The van der Waals surface area contributed by atoms with Gasteiger partial charge >= 0.3 is 18.1 Å². The van der Waals surface area contributed by atoms with Crippen molar-refractivity contribution in [3.05, 3.63) is 47.0 Å². The van der Waals surface area contributed by atoms with Crippen molar-refractivity contribution < 1.29 is 46.1 Å². The number of rotatable bonds is 7. The molecule has 0 aromatic heterocycles. The molecule has 1 heterocycles. The number of methoxy groups -OCH3 is 1. The van der Waals surface area contributed by atoms with E-state index in [1.807, 2.05) is 4.90 Å². The van der Waals surface area contributed by atoms with Crippen LogP contribution in [0.1, 0.15) is 17.3 Å². The zero-order valence-electron chi connectivity index (χ0n) is 19.7. The van der Waals surface area contributed by atoms with E-state index in [1.165, 1.54) is 37.4 Å². The molecule has 204 valence electrons. The van der Waals surface area contributed by atoms with Gasteiger partial charge in [-0.15, -0.1) is 0 Å². The van der Waals surface area contributed by atoms with E-state index >= 15 is 0 Å². The number of carboxylic acids is 2. The second-order valence-electron chi connectivity index (χ2n) is 7.66. The molecule has 2 aromatic rings. The number of halogens is 4. The molecule has 0 unspecified atom stereocenters. The molecule has 0 amide bonds. The van der Waals surface area contributed by atoms with Crippen LogP contribution in [0, 0.1) is 0 Å². The molecule has 10 nitrogen and oxygen atoms in total. The number of alkyl halides is 3. The summed E-state index contributed by atoms with van der Waals surface area (Å²) in [5, 5.41) is 16.7. The Labute approximate surface area is 216 Å². The minimum absolute atomic E-state index is 0.0123. The number of carboxylic acid groups (broad SMARTS) is 2. The number of anilines is 2. The number of hydrogen-bond donors (Lipinski definition) is 3. The fourth-order valence-electron chi connectivity index (χ4n) is 3.39. The molecule has 3 rings (SSSR count). The zero-order valence-corrected chi connectivity index (χ0v) is 21.3. The zero-order chi connectivity index (χ0) is 28.0. The predicted octanol–water partition coefficient (Wildman–Crippen LogP) is 3.62. The Kier molecular flexibility index (Phi) is 10.0. The Balaban J connectivity index is 0.000000604. The van der Waals surface area contributed by atoms with Gasteiger partial charge in [0, 0.05) is 31.2 Å². The van der Waals surface area contributed by atoms with Crippen LogP contribution < -0.4 is 14.4 Å². The van der Waals surface area contributed by atoms with Crippen LogP contribution in [0.2, 0.25) is 5.02 Å². The monoisotopic (exact) mass is 567 g/mol. The van der Waals surface area contributed by atoms with Crippen LogP contribution in [0.3, 0.4) is 0 Å². The summed E-state index contributed by atoms with van der Waals surface area (Å²) in [7, 11) is -2.72. The van der Waals surface area contributed by atoms with Crippen molar-refractivity contribution in [1.29, 1.82) is 0 Å². The van der Waals surface area contributed by atoms with Crippen LogP contribution in [0.25, 0.3) is 0 Å². The maximum atomic E-state index is 13.1. The van der Waals surface area contributed by atoms with E-state index in [4.69, 9.17) is 26.2 Å². The van der Waals surface area contributed by atoms with E-state index in [0.717, 1.165) is 19.6 Å². The molecule has 0 atom stereocenters. The number of ether oxygens (including phenoxy) is 1. The fourth-order valence-corrected chi connectivity index (χ4v) is 4.89. The number of piperazine rings is 1. The molecule has 1 fully saturated rings. The van der Waals surface area contributed by atoms with Crippen molar-refractivity contribution in [2.24, 2.45) is 0 Å². The lowest BCUT2D eigenvalue weighted by atomic mass is 10.1. The quantitative estimate of drug-likeness (QED) is 0.458. The average molecular weight is 568 g/mol. The molecule has 1 saturated heterocycles. The third-order valence-electron chi connectivity index (χ3n) is 5.31. The first-order chi connectivity index (χ1) is 17.2. The molecule has 2 aromatic carbocycles. The van der Waals surface area contributed by atoms with Gasteiger partial charge in [-0.25, -0.2) is 18.0 Å². The third kappa shape index (κ3) is 8.13. The molecule has 0 bridgehead atoms. The third-order valence-corrected chi connectivity index (χ3v) is 6.93. The minimum Gasteiger partial charge on any atom is -0.495 e. The molecule has 1 aliphatic heterocycles. The summed E-state index contributed by atoms with van der Waals surface area (Å²) in [6.45, 7) is 6.12. The summed E-state index contributed by atoms with van der Waals surface area (Å²) in [5.41, 5.74) is 0.809. The number of hydrogen-bond acceptors (Lipinski definition) is 7. The van der Waals surface area contributed by atoms with Crippen molar-refractivity contribution in [1.82, 2.24) is 4.90 Å². The number of aromatic carboxylic acids is 1. The molecule has 0 aliphatic carbocycles. The normalized spacial score (nSPS) is 14.4. The Bertz CT molecular complexity index is 1230. The van der Waals surface area contributed by atoms with Gasteiger partial charge in [0.2, 0.25) is 0 Å². The van der Waals surface area contributed by atoms with E-state index in [-0.39, 0.29) is 26.9 Å². The lowest BCUT2D eigenvalue weighted by Gasteiger charge is -2.36. The number of nitrogens with zero attached hydrogens (tertiary/aromatic N) is 2. The lowest BCUT2D eigenvalue weighted by Crippen LogP contribution is -2.46. The van der Waals surface area contributed by atoms with Crippen LogP contribution >= 0.6 is 11.6 Å². The van der Waals surface area contributed by atoms with Gasteiger partial charge in [0.15, 0.2) is 0 Å². The van der Waals surface area contributed by atoms with E-state index in [0.29, 0.717) is 18.8 Å². The highest BCUT2D eigenvalue weighted by atomic mass is 35.5. The van der Waals surface area contributed by atoms with Gasteiger partial charge in [-0.1, -0.05) is 18.5 Å². The molecule has 37 heavy (non-hydrogen) atoms. The van der Waals surface area contributed by atoms with Gasteiger partial charge < -0.3 is 24.7 Å². The number of carbonyl (C=O) groups is 2. The molecular formula is C22H25ClF3N3O7S. The summed E-state index contributed by atoms with van der Waals surface area (Å²) in [6.07, 6.45) is -5.08. The Morgan fingerprint density at radius 2 is 1.68 bits per heavy atom. The first-order valence-electron chi connectivity index (χ1n) is 10.7. The van der Waals surface area contributed by atoms with E-state index in [9.17, 15) is 31.5 Å². The van der Waals surface area contributed by atoms with Gasteiger partial charge in [-0.2, -0.15) is 13.2 Å². The van der Waals surface area contributed by atoms with E-state index < -0.39 is 28.1 Å². The number of nitrogens with one attached hydrogen (secondary N) is 1. The smallest absolute Gasteiger partial charge is 0.490 e. The van der Waals surface area contributed by atoms with Crippen LogP contribution in [0.4, 0.5) is 24.5 Å². The van der Waals surface area contributed by atoms with Crippen molar-refractivity contribution in [3.8, 4) is 5.75 Å². The van der Waals surface area contributed by atoms with Gasteiger partial charge in [-0.05, 0) is 42.9 Å². The van der Waals surface area contributed by atoms with Crippen molar-refractivity contribution >= 4 is 44.9 Å². The molecule has 0 spiro atoms. The Morgan fingerprint density at radius 1 is 1.08 bits per heavy atom. The highest BCUT2D eigenvalue weighted by molar-refractivity contribution is 7.92. The SMILES string of the molecule is CCN1CCN(c2ccc(C(=O)O)cc2NS(=O)(=O)c2cc(Cl)ccc2OC)CC1.O=C(O)C(F)(F)F. The topological polar surface area (TPSA) is 136 Å². The highest BCUT2D eigenvalue weighted by Crippen LogP contribution is 2.33. The summed E-state index contributed by atoms with van der Waals surface area (Å²) in [4.78, 5) is 24.6. The second kappa shape index (κ2) is 12.3. The first kappa shape index (κ1) is 30.0. The standard InChI is InChI=1S/C20H24ClN3O5S.C2HF3O2/c1-3-23-8-10-24(11-9-23)17-6-4-14(20(25)26)12-16(17)22-30(27,28)19-13-15(21)5-7-18(19)29-2;3-2(4,5)1(6)7/h4-7,12-13,22H,3,8-11H2,1-2H3,(H,25,26);(H,6,7). The maximum absolute atomic E-state index is 13.1. The predicted molar refractivity (Wildman–Crippen MR) is 130 cm³/mol. The van der Waals surface area contributed by atoms with Gasteiger partial charge in [0.05, 0.1) is 24.0 Å². The largest absolute Gasteiger partial charge is 0.495 e. The fraction of sp³-hybridized carbons (Fsp3) is 0.364. The number of aliphatic carboxylic acids is 1. The molecule has 0 saturated carbocycles.